The average molecular weight is 302 g/mol. The summed E-state index contributed by atoms with van der Waals surface area (Å²) in [6.07, 6.45) is 0. The maximum atomic E-state index is 12.4. The minimum atomic E-state index is -0.281. The molecule has 1 aliphatic heterocycles. The number of aromatic amines is 1. The third-order valence-corrected chi connectivity index (χ3v) is 4.05. The second-order valence-corrected chi connectivity index (χ2v) is 5.42. The molecule has 2 amide bonds. The topological polar surface area (TPSA) is 78.4 Å². The third-order valence-electron chi connectivity index (χ3n) is 4.05. The lowest BCUT2D eigenvalue weighted by atomic mass is 10.3. The molecule has 0 atom stereocenters. The highest BCUT2D eigenvalue weighted by molar-refractivity contribution is 5.81. The van der Waals surface area contributed by atoms with Gasteiger partial charge in [0.1, 0.15) is 6.54 Å². The number of hydrogen-bond acceptors (Lipinski definition) is 3. The molecule has 7 nitrogen and oxygen atoms in total. The molecular formula is C15H18N4O3. The highest BCUT2D eigenvalue weighted by atomic mass is 16.2. The van der Waals surface area contributed by atoms with Gasteiger partial charge in [-0.25, -0.2) is 4.79 Å². The molecule has 1 aromatic carbocycles. The van der Waals surface area contributed by atoms with Gasteiger partial charge >= 0.3 is 5.69 Å². The van der Waals surface area contributed by atoms with E-state index in [9.17, 15) is 14.4 Å². The highest BCUT2D eigenvalue weighted by Gasteiger charge is 2.23. The fourth-order valence-electron chi connectivity index (χ4n) is 2.77. The minimum absolute atomic E-state index is 0.0168. The molecule has 0 unspecified atom stereocenters. The van der Waals surface area contributed by atoms with E-state index in [4.69, 9.17) is 0 Å². The molecule has 0 radical (unpaired) electrons. The van der Waals surface area contributed by atoms with Crippen molar-refractivity contribution < 1.29 is 9.59 Å². The van der Waals surface area contributed by atoms with Gasteiger partial charge in [0.15, 0.2) is 0 Å². The lowest BCUT2D eigenvalue weighted by Gasteiger charge is -2.34. The number of H-pyrrole nitrogens is 1. The van der Waals surface area contributed by atoms with Crippen molar-refractivity contribution in [3.63, 3.8) is 0 Å². The summed E-state index contributed by atoms with van der Waals surface area (Å²) < 4.78 is 1.45. The van der Waals surface area contributed by atoms with Gasteiger partial charge < -0.3 is 14.8 Å². The molecule has 0 aliphatic carbocycles. The third kappa shape index (κ3) is 2.61. The molecule has 1 aliphatic rings. The van der Waals surface area contributed by atoms with E-state index in [1.54, 1.807) is 9.80 Å². The number of carbonyl (C=O) groups excluding carboxylic acids is 2. The molecule has 1 fully saturated rings. The summed E-state index contributed by atoms with van der Waals surface area (Å²) in [7, 11) is 0. The van der Waals surface area contributed by atoms with Crippen LogP contribution in [0.25, 0.3) is 11.0 Å². The zero-order valence-electron chi connectivity index (χ0n) is 12.4. The normalized spacial score (nSPS) is 15.3. The van der Waals surface area contributed by atoms with E-state index < -0.39 is 0 Å². The number of para-hydroxylation sites is 2. The predicted molar refractivity (Wildman–Crippen MR) is 81.4 cm³/mol. The van der Waals surface area contributed by atoms with E-state index in [-0.39, 0.29) is 24.0 Å². The van der Waals surface area contributed by atoms with Crippen molar-refractivity contribution in [2.45, 2.75) is 13.5 Å². The predicted octanol–water partition coefficient (Wildman–Crippen LogP) is 0.0203. The van der Waals surface area contributed by atoms with Crippen LogP contribution in [0.4, 0.5) is 0 Å². The summed E-state index contributed by atoms with van der Waals surface area (Å²) in [6.45, 7) is 3.66. The number of aromatic nitrogens is 2. The summed E-state index contributed by atoms with van der Waals surface area (Å²) in [5.41, 5.74) is 1.17. The Morgan fingerprint density at radius 2 is 1.73 bits per heavy atom. The van der Waals surface area contributed by atoms with Crippen LogP contribution in [0.2, 0.25) is 0 Å². The van der Waals surface area contributed by atoms with E-state index in [0.29, 0.717) is 26.2 Å². The largest absolute Gasteiger partial charge is 0.339 e. The number of nitrogens with one attached hydrogen (secondary N) is 1. The number of imidazole rings is 1. The number of hydrogen-bond donors (Lipinski definition) is 1. The van der Waals surface area contributed by atoms with Gasteiger partial charge in [-0.3, -0.25) is 14.2 Å². The van der Waals surface area contributed by atoms with Crippen LogP contribution in [-0.2, 0) is 16.1 Å². The first-order valence-electron chi connectivity index (χ1n) is 7.27. The molecule has 0 bridgehead atoms. The molecule has 0 spiro atoms. The van der Waals surface area contributed by atoms with E-state index in [0.717, 1.165) is 11.0 Å². The monoisotopic (exact) mass is 302 g/mol. The van der Waals surface area contributed by atoms with Crippen LogP contribution in [0.15, 0.2) is 29.1 Å². The molecule has 22 heavy (non-hydrogen) atoms. The zero-order valence-corrected chi connectivity index (χ0v) is 12.4. The van der Waals surface area contributed by atoms with Crippen LogP contribution in [0, 0.1) is 0 Å². The van der Waals surface area contributed by atoms with Crippen LogP contribution in [0.3, 0.4) is 0 Å². The molecule has 0 saturated carbocycles. The Morgan fingerprint density at radius 3 is 2.41 bits per heavy atom. The van der Waals surface area contributed by atoms with Crippen LogP contribution in [-0.4, -0.2) is 57.3 Å². The van der Waals surface area contributed by atoms with Crippen molar-refractivity contribution in [2.24, 2.45) is 0 Å². The number of nitrogens with zero attached hydrogens (tertiary/aromatic N) is 3. The Bertz CT molecular complexity index is 768. The Labute approximate surface area is 127 Å². The first kappa shape index (κ1) is 14.4. The van der Waals surface area contributed by atoms with Gasteiger partial charge in [-0.1, -0.05) is 12.1 Å². The van der Waals surface area contributed by atoms with Gasteiger partial charge in [0.2, 0.25) is 11.8 Å². The molecule has 2 heterocycles. The number of carbonyl (C=O) groups is 2. The van der Waals surface area contributed by atoms with Crippen LogP contribution in [0.5, 0.6) is 0 Å². The van der Waals surface area contributed by atoms with Crippen LogP contribution in [0.1, 0.15) is 6.92 Å². The van der Waals surface area contributed by atoms with Gasteiger partial charge in [-0.05, 0) is 12.1 Å². The lowest BCUT2D eigenvalue weighted by Crippen LogP contribution is -2.51. The standard InChI is InChI=1S/C15H18N4O3/c1-11(20)17-6-8-18(9-7-17)14(21)10-19-13-5-3-2-4-12(13)16-15(19)22/h2-5H,6-10H2,1H3,(H,16,22). The summed E-state index contributed by atoms with van der Waals surface area (Å²) in [6, 6.07) is 7.30. The Morgan fingerprint density at radius 1 is 1.09 bits per heavy atom. The van der Waals surface area contributed by atoms with E-state index in [2.05, 4.69) is 4.98 Å². The van der Waals surface area contributed by atoms with Gasteiger partial charge in [-0.2, -0.15) is 0 Å². The first-order chi connectivity index (χ1) is 10.6. The van der Waals surface area contributed by atoms with Gasteiger partial charge in [0, 0.05) is 33.1 Å². The fraction of sp³-hybridized carbons (Fsp3) is 0.400. The number of rotatable bonds is 2. The number of piperazine rings is 1. The smallest absolute Gasteiger partial charge is 0.326 e. The van der Waals surface area contributed by atoms with Gasteiger partial charge in [-0.15, -0.1) is 0 Å². The summed E-state index contributed by atoms with van der Waals surface area (Å²) >= 11 is 0. The molecule has 2 aromatic rings. The van der Waals surface area contributed by atoms with Crippen molar-refractivity contribution in [1.29, 1.82) is 0 Å². The van der Waals surface area contributed by atoms with Crippen molar-refractivity contribution in [3.8, 4) is 0 Å². The number of benzene rings is 1. The molecule has 3 rings (SSSR count). The summed E-state index contributed by atoms with van der Waals surface area (Å²) in [4.78, 5) is 41.8. The Hall–Kier alpha value is -2.57. The quantitative estimate of drug-likeness (QED) is 0.849. The molecule has 1 aromatic heterocycles. The van der Waals surface area contributed by atoms with E-state index in [1.807, 2.05) is 24.3 Å². The molecule has 116 valence electrons. The maximum Gasteiger partial charge on any atom is 0.326 e. The van der Waals surface area contributed by atoms with Crippen LogP contribution < -0.4 is 5.69 Å². The van der Waals surface area contributed by atoms with Gasteiger partial charge in [0.25, 0.3) is 0 Å². The number of amides is 2. The van der Waals surface area contributed by atoms with E-state index >= 15 is 0 Å². The minimum Gasteiger partial charge on any atom is -0.339 e. The SMILES string of the molecule is CC(=O)N1CCN(C(=O)Cn2c(=O)[nH]c3ccccc32)CC1. The molecule has 1 saturated heterocycles. The molecule has 1 N–H and O–H groups in total. The zero-order chi connectivity index (χ0) is 15.7. The maximum absolute atomic E-state index is 12.4. The second kappa shape index (κ2) is 5.67. The average Bonchev–Trinajstić information content (AvgIpc) is 2.83. The van der Waals surface area contributed by atoms with Gasteiger partial charge in [0.05, 0.1) is 11.0 Å². The highest BCUT2D eigenvalue weighted by Crippen LogP contribution is 2.10. The van der Waals surface area contributed by atoms with Crippen LogP contribution >= 0.6 is 0 Å². The second-order valence-electron chi connectivity index (χ2n) is 5.42. The first-order valence-corrected chi connectivity index (χ1v) is 7.27. The summed E-state index contributed by atoms with van der Waals surface area (Å²) in [5, 5.41) is 0. The molecule has 7 heteroatoms. The van der Waals surface area contributed by atoms with Crippen molar-refractivity contribution in [3.05, 3.63) is 34.7 Å². The molecular weight excluding hydrogens is 284 g/mol. The fourth-order valence-corrected chi connectivity index (χ4v) is 2.77. The Balaban J connectivity index is 1.73. The summed E-state index contributed by atoms with van der Waals surface area (Å²) in [5.74, 6) is -0.0741. The van der Waals surface area contributed by atoms with E-state index in [1.165, 1.54) is 11.5 Å². The lowest BCUT2D eigenvalue weighted by molar-refractivity contribution is -0.138. The van der Waals surface area contributed by atoms with Crippen molar-refractivity contribution in [2.75, 3.05) is 26.2 Å². The Kier molecular flexibility index (Phi) is 3.70. The number of fused-ring (bicyclic) bond motifs is 1. The van der Waals surface area contributed by atoms with Crippen molar-refractivity contribution in [1.82, 2.24) is 19.4 Å². The van der Waals surface area contributed by atoms with Crippen molar-refractivity contribution >= 4 is 22.8 Å².